The maximum Gasteiger partial charge on any atom is 0.416 e. The van der Waals surface area contributed by atoms with Gasteiger partial charge in [-0.25, -0.2) is 0 Å². The highest BCUT2D eigenvalue weighted by Crippen LogP contribution is 2.30. The average molecular weight is 308 g/mol. The normalized spacial score (nSPS) is 22.0. The van der Waals surface area contributed by atoms with Crippen molar-refractivity contribution in [1.29, 1.82) is 0 Å². The fraction of sp³-hybridized carbons (Fsp3) is 0.500. The molecule has 1 fully saturated rings. The van der Waals surface area contributed by atoms with Crippen molar-refractivity contribution in [2.24, 2.45) is 0 Å². The van der Waals surface area contributed by atoms with Crippen LogP contribution in [0.1, 0.15) is 17.5 Å². The van der Waals surface area contributed by atoms with Crippen LogP contribution in [0.15, 0.2) is 24.3 Å². The van der Waals surface area contributed by atoms with Crippen molar-refractivity contribution in [2.75, 3.05) is 13.1 Å². The molecule has 0 amide bonds. The third kappa shape index (κ3) is 3.45. The van der Waals surface area contributed by atoms with Crippen molar-refractivity contribution in [3.05, 3.63) is 35.4 Å². The van der Waals surface area contributed by atoms with Gasteiger partial charge in [0, 0.05) is 17.9 Å². The molecule has 17 heavy (non-hydrogen) atoms. The Bertz CT molecular complexity index is 392. The van der Waals surface area contributed by atoms with Crippen LogP contribution in [0, 0.1) is 0 Å². The number of nitrogens with zero attached hydrogens (tertiary/aromatic N) is 1. The number of rotatable bonds is 2. The van der Waals surface area contributed by atoms with Gasteiger partial charge in [-0.3, -0.25) is 4.90 Å². The lowest BCUT2D eigenvalue weighted by atomic mass is 10.1. The van der Waals surface area contributed by atoms with Crippen LogP contribution in [0.25, 0.3) is 0 Å². The monoisotopic (exact) mass is 307 g/mol. The maximum absolute atomic E-state index is 12.5. The molecule has 0 radical (unpaired) electrons. The number of alkyl halides is 4. The van der Waals surface area contributed by atoms with E-state index in [0.717, 1.165) is 31.1 Å². The molecule has 0 saturated carbocycles. The minimum absolute atomic E-state index is 0.466. The first kappa shape index (κ1) is 12.9. The zero-order chi connectivity index (χ0) is 12.5. The summed E-state index contributed by atoms with van der Waals surface area (Å²) in [5.41, 5.74) is 0.158. The molecule has 1 atom stereocenters. The zero-order valence-electron chi connectivity index (χ0n) is 9.17. The summed E-state index contributed by atoms with van der Waals surface area (Å²) in [5.74, 6) is 0. The standard InChI is InChI=1S/C12H13BrF3N/c13-11-4-5-17(8-11)7-9-2-1-3-10(6-9)12(14,15)16/h1-3,6,11H,4-5,7-8H2. The van der Waals surface area contributed by atoms with Gasteiger partial charge in [-0.15, -0.1) is 0 Å². The third-order valence-corrected chi connectivity index (χ3v) is 3.62. The van der Waals surface area contributed by atoms with Gasteiger partial charge in [0.15, 0.2) is 0 Å². The molecule has 1 saturated heterocycles. The second kappa shape index (κ2) is 4.98. The van der Waals surface area contributed by atoms with Gasteiger partial charge in [0.2, 0.25) is 0 Å². The first-order chi connectivity index (χ1) is 7.95. The van der Waals surface area contributed by atoms with Crippen molar-refractivity contribution in [3.63, 3.8) is 0 Å². The topological polar surface area (TPSA) is 3.24 Å². The number of benzene rings is 1. The summed E-state index contributed by atoms with van der Waals surface area (Å²) < 4.78 is 37.6. The molecule has 1 aliphatic heterocycles. The molecule has 1 heterocycles. The Morgan fingerprint density at radius 1 is 1.35 bits per heavy atom. The smallest absolute Gasteiger partial charge is 0.298 e. The number of hydrogen-bond donors (Lipinski definition) is 0. The summed E-state index contributed by atoms with van der Waals surface area (Å²) >= 11 is 3.52. The number of likely N-dealkylation sites (tertiary alicyclic amines) is 1. The van der Waals surface area contributed by atoms with Crippen molar-refractivity contribution < 1.29 is 13.2 Å². The van der Waals surface area contributed by atoms with E-state index in [0.29, 0.717) is 11.4 Å². The third-order valence-electron chi connectivity index (χ3n) is 2.88. The molecule has 2 rings (SSSR count). The molecule has 1 unspecified atom stereocenters. The molecule has 0 aliphatic carbocycles. The first-order valence-electron chi connectivity index (χ1n) is 5.48. The molecule has 1 nitrogen and oxygen atoms in total. The summed E-state index contributed by atoms with van der Waals surface area (Å²) in [5, 5.41) is 0. The van der Waals surface area contributed by atoms with Crippen LogP contribution < -0.4 is 0 Å². The van der Waals surface area contributed by atoms with Gasteiger partial charge in [-0.05, 0) is 24.6 Å². The van der Waals surface area contributed by atoms with Gasteiger partial charge in [0.25, 0.3) is 0 Å². The van der Waals surface area contributed by atoms with Gasteiger partial charge in [0.1, 0.15) is 0 Å². The van der Waals surface area contributed by atoms with E-state index in [2.05, 4.69) is 20.8 Å². The average Bonchev–Trinajstić information content (AvgIpc) is 2.63. The molecule has 1 aromatic carbocycles. The molecule has 94 valence electrons. The highest BCUT2D eigenvalue weighted by Gasteiger charge is 2.30. The minimum atomic E-state index is -4.25. The maximum atomic E-state index is 12.5. The molecular formula is C12H13BrF3N. The summed E-state index contributed by atoms with van der Waals surface area (Å²) in [6.45, 7) is 2.43. The van der Waals surface area contributed by atoms with E-state index in [1.54, 1.807) is 6.07 Å². The highest BCUT2D eigenvalue weighted by molar-refractivity contribution is 9.09. The van der Waals surface area contributed by atoms with Crippen molar-refractivity contribution in [2.45, 2.75) is 24.0 Å². The van der Waals surface area contributed by atoms with Crippen molar-refractivity contribution >= 4 is 15.9 Å². The van der Waals surface area contributed by atoms with Gasteiger partial charge in [0.05, 0.1) is 5.56 Å². The number of halogens is 4. The highest BCUT2D eigenvalue weighted by atomic mass is 79.9. The first-order valence-corrected chi connectivity index (χ1v) is 6.39. The predicted molar refractivity (Wildman–Crippen MR) is 64.1 cm³/mol. The Hall–Kier alpha value is -0.550. The fourth-order valence-corrected chi connectivity index (χ4v) is 2.65. The van der Waals surface area contributed by atoms with Crippen molar-refractivity contribution in [3.8, 4) is 0 Å². The number of hydrogen-bond acceptors (Lipinski definition) is 1. The van der Waals surface area contributed by atoms with Crippen LogP contribution in [0.5, 0.6) is 0 Å². The Morgan fingerprint density at radius 2 is 2.12 bits per heavy atom. The van der Waals surface area contributed by atoms with E-state index in [9.17, 15) is 13.2 Å². The quantitative estimate of drug-likeness (QED) is 0.754. The van der Waals surface area contributed by atoms with Crippen LogP contribution in [-0.4, -0.2) is 22.8 Å². The van der Waals surface area contributed by atoms with Gasteiger partial charge in [-0.1, -0.05) is 34.1 Å². The summed E-state index contributed by atoms with van der Waals surface area (Å²) in [7, 11) is 0. The van der Waals surface area contributed by atoms with Crippen LogP contribution in [0.3, 0.4) is 0 Å². The molecule has 0 bridgehead atoms. The second-order valence-electron chi connectivity index (χ2n) is 4.32. The molecule has 1 aliphatic rings. The molecule has 5 heteroatoms. The molecule has 0 N–H and O–H groups in total. The van der Waals surface area contributed by atoms with Crippen LogP contribution >= 0.6 is 15.9 Å². The van der Waals surface area contributed by atoms with E-state index in [4.69, 9.17) is 0 Å². The van der Waals surface area contributed by atoms with E-state index in [1.165, 1.54) is 12.1 Å². The van der Waals surface area contributed by atoms with Gasteiger partial charge >= 0.3 is 6.18 Å². The van der Waals surface area contributed by atoms with Gasteiger partial charge < -0.3 is 0 Å². The lowest BCUT2D eigenvalue weighted by Crippen LogP contribution is -2.20. The SMILES string of the molecule is FC(F)(F)c1cccc(CN2CCC(Br)C2)c1. The van der Waals surface area contributed by atoms with E-state index < -0.39 is 11.7 Å². The summed E-state index contributed by atoms with van der Waals surface area (Å²) in [6.07, 6.45) is -3.20. The Labute approximate surface area is 107 Å². The van der Waals surface area contributed by atoms with E-state index in [-0.39, 0.29) is 0 Å². The fourth-order valence-electron chi connectivity index (χ4n) is 2.03. The Kier molecular flexibility index (Phi) is 3.78. The predicted octanol–water partition coefficient (Wildman–Crippen LogP) is 3.67. The lowest BCUT2D eigenvalue weighted by molar-refractivity contribution is -0.137. The Morgan fingerprint density at radius 3 is 2.71 bits per heavy atom. The summed E-state index contributed by atoms with van der Waals surface area (Å²) in [4.78, 5) is 2.63. The van der Waals surface area contributed by atoms with Crippen LogP contribution in [0.2, 0.25) is 0 Å². The van der Waals surface area contributed by atoms with Crippen LogP contribution in [0.4, 0.5) is 13.2 Å². The molecule has 0 aromatic heterocycles. The van der Waals surface area contributed by atoms with Gasteiger partial charge in [-0.2, -0.15) is 13.2 Å². The Balaban J connectivity index is 2.06. The summed E-state index contributed by atoms with van der Waals surface area (Å²) in [6, 6.07) is 5.57. The van der Waals surface area contributed by atoms with Crippen molar-refractivity contribution in [1.82, 2.24) is 4.90 Å². The molecule has 0 spiro atoms. The minimum Gasteiger partial charge on any atom is -0.298 e. The van der Waals surface area contributed by atoms with E-state index >= 15 is 0 Å². The van der Waals surface area contributed by atoms with Crippen LogP contribution in [-0.2, 0) is 12.7 Å². The largest absolute Gasteiger partial charge is 0.416 e. The lowest BCUT2D eigenvalue weighted by Gasteiger charge is -2.16. The van der Waals surface area contributed by atoms with E-state index in [1.807, 2.05) is 0 Å². The molecule has 1 aromatic rings. The molecular weight excluding hydrogens is 295 g/mol. The zero-order valence-corrected chi connectivity index (χ0v) is 10.8. The second-order valence-corrected chi connectivity index (χ2v) is 5.61.